The van der Waals surface area contributed by atoms with Gasteiger partial charge in [-0.05, 0) is 55.2 Å². The van der Waals surface area contributed by atoms with Crippen LogP contribution in [0.4, 0.5) is 5.69 Å². The van der Waals surface area contributed by atoms with Gasteiger partial charge in [0.05, 0.1) is 29.0 Å². The number of aromatic nitrogens is 7. The van der Waals surface area contributed by atoms with Crippen LogP contribution in [0, 0.1) is 5.92 Å². The van der Waals surface area contributed by atoms with Gasteiger partial charge in [-0.15, -0.1) is 0 Å². The Morgan fingerprint density at radius 2 is 1.72 bits per heavy atom. The van der Waals surface area contributed by atoms with Crippen LogP contribution in [-0.2, 0) is 0 Å². The summed E-state index contributed by atoms with van der Waals surface area (Å²) in [5.74, 6) is 0.575. The summed E-state index contributed by atoms with van der Waals surface area (Å²) >= 11 is 0. The Labute approximate surface area is 206 Å². The van der Waals surface area contributed by atoms with Gasteiger partial charge in [-0.2, -0.15) is 5.10 Å². The van der Waals surface area contributed by atoms with E-state index >= 15 is 0 Å². The van der Waals surface area contributed by atoms with Gasteiger partial charge in [0.15, 0.2) is 5.65 Å². The second kappa shape index (κ2) is 8.13. The molecule has 0 saturated heterocycles. The van der Waals surface area contributed by atoms with Gasteiger partial charge >= 0.3 is 0 Å². The van der Waals surface area contributed by atoms with E-state index in [1.165, 1.54) is 12.8 Å². The van der Waals surface area contributed by atoms with Crippen LogP contribution in [0.5, 0.6) is 0 Å². The number of nitrogens with one attached hydrogen (secondary N) is 3. The van der Waals surface area contributed by atoms with Crippen molar-refractivity contribution >= 4 is 27.6 Å². The van der Waals surface area contributed by atoms with E-state index in [1.54, 1.807) is 12.4 Å². The minimum Gasteiger partial charge on any atom is -0.358 e. The number of nitrogens with zero attached hydrogens (tertiary/aromatic N) is 5. The molecule has 8 heteroatoms. The number of H-pyrrole nitrogens is 2. The highest BCUT2D eigenvalue weighted by atomic mass is 15.2. The first-order chi connectivity index (χ1) is 17.7. The molecule has 6 aromatic rings. The fourth-order valence-corrected chi connectivity index (χ4v) is 4.58. The lowest BCUT2D eigenvalue weighted by molar-refractivity contribution is 1.02. The first-order valence-electron chi connectivity index (χ1n) is 11.9. The van der Waals surface area contributed by atoms with Crippen LogP contribution in [0.3, 0.4) is 0 Å². The molecule has 0 aliphatic heterocycles. The zero-order chi connectivity index (χ0) is 24.1. The quantitative estimate of drug-likeness (QED) is 0.277. The summed E-state index contributed by atoms with van der Waals surface area (Å²) in [5, 5.41) is 13.0. The van der Waals surface area contributed by atoms with E-state index in [2.05, 4.69) is 65.2 Å². The lowest BCUT2D eigenvalue weighted by atomic mass is 10.1. The van der Waals surface area contributed by atoms with Crippen molar-refractivity contribution in [2.75, 3.05) is 5.32 Å². The van der Waals surface area contributed by atoms with Crippen molar-refractivity contribution in [3.63, 3.8) is 0 Å². The third-order valence-corrected chi connectivity index (χ3v) is 6.63. The van der Waals surface area contributed by atoms with Gasteiger partial charge in [0.1, 0.15) is 0 Å². The van der Waals surface area contributed by atoms with Crippen molar-refractivity contribution in [2.24, 2.45) is 5.92 Å². The van der Waals surface area contributed by atoms with Crippen LogP contribution in [-0.4, -0.2) is 35.1 Å². The molecule has 0 aromatic carbocycles. The lowest BCUT2D eigenvalue weighted by Gasteiger charge is -2.09. The fourth-order valence-electron chi connectivity index (χ4n) is 4.58. The van der Waals surface area contributed by atoms with Gasteiger partial charge in [-0.25, -0.2) is 4.98 Å². The largest absolute Gasteiger partial charge is 0.358 e. The lowest BCUT2D eigenvalue weighted by Crippen LogP contribution is -2.00. The van der Waals surface area contributed by atoms with Gasteiger partial charge in [-0.1, -0.05) is 6.58 Å². The van der Waals surface area contributed by atoms with Crippen molar-refractivity contribution in [1.29, 1.82) is 0 Å². The number of pyridine rings is 4. The van der Waals surface area contributed by atoms with Crippen LogP contribution in [0.15, 0.2) is 85.9 Å². The minimum absolute atomic E-state index is 0.575. The van der Waals surface area contributed by atoms with E-state index in [0.29, 0.717) is 11.6 Å². The van der Waals surface area contributed by atoms with E-state index in [-0.39, 0.29) is 0 Å². The van der Waals surface area contributed by atoms with Crippen LogP contribution >= 0.6 is 0 Å². The number of fused-ring (bicyclic) bond motifs is 2. The molecule has 0 radical (unpaired) electrons. The van der Waals surface area contributed by atoms with Gasteiger partial charge in [-0.3, -0.25) is 20.1 Å². The Morgan fingerprint density at radius 1 is 0.861 bits per heavy atom. The smallest absolute Gasteiger partial charge is 0.181 e. The SMILES string of the molecule is C=C(Nc1cncc(-c2cnc3n[nH]c(-c4cc5c(-c6ccncc6)nccc5[nH]4)c3c2)c1)C1CC1. The Hall–Kier alpha value is -4.85. The highest BCUT2D eigenvalue weighted by Gasteiger charge is 2.24. The van der Waals surface area contributed by atoms with Crippen molar-refractivity contribution in [3.05, 3.63) is 85.9 Å². The molecule has 1 saturated carbocycles. The average Bonchev–Trinajstić information content (AvgIpc) is 3.55. The topological polar surface area (TPSA) is 108 Å². The maximum absolute atomic E-state index is 4.63. The van der Waals surface area contributed by atoms with Gasteiger partial charge in [0.25, 0.3) is 0 Å². The van der Waals surface area contributed by atoms with Crippen molar-refractivity contribution in [1.82, 2.24) is 35.1 Å². The monoisotopic (exact) mass is 470 g/mol. The van der Waals surface area contributed by atoms with Gasteiger partial charge in [0.2, 0.25) is 0 Å². The first kappa shape index (κ1) is 20.5. The molecular formula is C28H22N8. The molecule has 6 heterocycles. The molecule has 174 valence electrons. The molecular weight excluding hydrogens is 448 g/mol. The molecule has 0 atom stereocenters. The summed E-state index contributed by atoms with van der Waals surface area (Å²) in [6.07, 6.45) is 13.3. The van der Waals surface area contributed by atoms with E-state index < -0.39 is 0 Å². The maximum Gasteiger partial charge on any atom is 0.181 e. The Bertz CT molecular complexity index is 1740. The predicted octanol–water partition coefficient (Wildman–Crippen LogP) is 5.96. The van der Waals surface area contributed by atoms with Crippen LogP contribution in [0.25, 0.3) is 55.7 Å². The van der Waals surface area contributed by atoms with Crippen molar-refractivity contribution < 1.29 is 0 Å². The summed E-state index contributed by atoms with van der Waals surface area (Å²) in [6.45, 7) is 4.16. The van der Waals surface area contributed by atoms with Crippen LogP contribution in [0.1, 0.15) is 12.8 Å². The zero-order valence-electron chi connectivity index (χ0n) is 19.4. The second-order valence-electron chi connectivity index (χ2n) is 9.12. The molecule has 36 heavy (non-hydrogen) atoms. The first-order valence-corrected chi connectivity index (χ1v) is 11.9. The van der Waals surface area contributed by atoms with Crippen LogP contribution in [0.2, 0.25) is 0 Å². The Kier molecular flexibility index (Phi) is 4.63. The molecule has 1 aliphatic rings. The predicted molar refractivity (Wildman–Crippen MR) is 141 cm³/mol. The maximum atomic E-state index is 4.63. The molecule has 8 nitrogen and oxygen atoms in total. The van der Waals surface area contributed by atoms with Crippen molar-refractivity contribution in [3.8, 4) is 33.8 Å². The van der Waals surface area contributed by atoms with E-state index in [1.807, 2.05) is 43.0 Å². The molecule has 0 spiro atoms. The molecule has 0 amide bonds. The highest BCUT2D eigenvalue weighted by molar-refractivity contribution is 6.00. The molecule has 0 bridgehead atoms. The Balaban J connectivity index is 1.28. The summed E-state index contributed by atoms with van der Waals surface area (Å²) in [6, 6.07) is 12.2. The zero-order valence-corrected chi connectivity index (χ0v) is 19.4. The number of hydrogen-bond acceptors (Lipinski definition) is 6. The molecule has 6 aromatic heterocycles. The van der Waals surface area contributed by atoms with Crippen LogP contribution < -0.4 is 5.32 Å². The summed E-state index contributed by atoms with van der Waals surface area (Å²) in [7, 11) is 0. The number of rotatable bonds is 6. The molecule has 0 unspecified atom stereocenters. The summed E-state index contributed by atoms with van der Waals surface area (Å²) in [5.41, 5.74) is 9.31. The number of aromatic amines is 2. The Morgan fingerprint density at radius 3 is 2.58 bits per heavy atom. The van der Waals surface area contributed by atoms with Crippen molar-refractivity contribution in [2.45, 2.75) is 12.8 Å². The third kappa shape index (κ3) is 3.60. The standard InChI is InChI=1S/C28H22N8/c1-16(17-2-3-17)33-21-10-19(13-30-15-21)20-11-23-27(35-36-28(23)32-14-20)25-12-22-24(34-25)6-9-31-26(22)18-4-7-29-8-5-18/h4-15,17,33-34H,1-3H2,(H,32,35,36). The fraction of sp³-hybridized carbons (Fsp3) is 0.107. The highest BCUT2D eigenvalue weighted by Crippen LogP contribution is 2.37. The average molecular weight is 471 g/mol. The van der Waals surface area contributed by atoms with Gasteiger partial charge in [0, 0.05) is 69.7 Å². The summed E-state index contributed by atoms with van der Waals surface area (Å²) < 4.78 is 0. The number of anilines is 1. The number of hydrogen-bond donors (Lipinski definition) is 3. The third-order valence-electron chi connectivity index (χ3n) is 6.63. The summed E-state index contributed by atoms with van der Waals surface area (Å²) in [4.78, 5) is 21.3. The normalized spacial score (nSPS) is 13.3. The van der Waals surface area contributed by atoms with Gasteiger partial charge < -0.3 is 10.3 Å². The molecule has 3 N–H and O–H groups in total. The second-order valence-corrected chi connectivity index (χ2v) is 9.12. The van der Waals surface area contributed by atoms with E-state index in [4.69, 9.17) is 0 Å². The molecule has 1 aliphatic carbocycles. The molecule has 1 fully saturated rings. The number of allylic oxidation sites excluding steroid dienone is 1. The molecule has 7 rings (SSSR count). The van der Waals surface area contributed by atoms with E-state index in [9.17, 15) is 0 Å². The van der Waals surface area contributed by atoms with E-state index in [0.717, 1.165) is 61.4 Å². The minimum atomic E-state index is 0.575.